The average molecular weight is 525 g/mol. The van der Waals surface area contributed by atoms with E-state index in [1.807, 2.05) is 0 Å². The van der Waals surface area contributed by atoms with Crippen LogP contribution >= 0.6 is 0 Å². The molecule has 194 valence electrons. The van der Waals surface area contributed by atoms with Gasteiger partial charge in [-0.05, 0) is 24.3 Å². The van der Waals surface area contributed by atoms with E-state index in [9.17, 15) is 9.18 Å². The fourth-order valence-electron chi connectivity index (χ4n) is 4.20. The second kappa shape index (κ2) is 9.05. The van der Waals surface area contributed by atoms with Crippen LogP contribution in [0.4, 0.5) is 14.5 Å². The summed E-state index contributed by atoms with van der Waals surface area (Å²) >= 11 is 0. The van der Waals surface area contributed by atoms with E-state index in [4.69, 9.17) is 0 Å². The van der Waals surface area contributed by atoms with E-state index < -0.39 is 17.0 Å². The molecule has 0 bridgehead atoms. The van der Waals surface area contributed by atoms with Crippen LogP contribution in [0.5, 0.6) is 0 Å². The van der Waals surface area contributed by atoms with Gasteiger partial charge in [-0.15, -0.1) is 0 Å². The van der Waals surface area contributed by atoms with Crippen molar-refractivity contribution in [2.75, 3.05) is 5.32 Å². The number of benzene rings is 1. The number of nitrogens with one attached hydrogen (secondary N) is 3. The zero-order chi connectivity index (χ0) is 27.3. The number of aromatic nitrogens is 7. The number of hydrogen-bond donors (Lipinski definition) is 3. The lowest BCUT2D eigenvalue weighted by molar-refractivity contribution is -0.123. The molecule has 0 aliphatic carbocycles. The van der Waals surface area contributed by atoms with E-state index in [0.717, 1.165) is 0 Å². The van der Waals surface area contributed by atoms with E-state index in [2.05, 4.69) is 40.4 Å². The zero-order valence-corrected chi connectivity index (χ0v) is 21.2. The van der Waals surface area contributed by atoms with Crippen molar-refractivity contribution in [3.05, 3.63) is 72.8 Å². The third-order valence-corrected chi connectivity index (χ3v) is 6.25. The molecule has 0 aliphatic heterocycles. The molecule has 0 radical (unpaired) electrons. The first-order valence-electron chi connectivity index (χ1n) is 12.1. The Balaban J connectivity index is 1.45. The molecule has 9 nitrogen and oxygen atoms in total. The number of H-pyrrole nitrogens is 2. The number of aromatic amines is 2. The van der Waals surface area contributed by atoms with Gasteiger partial charge in [0.1, 0.15) is 28.4 Å². The topological polar surface area (TPSA) is 125 Å². The number of anilines is 1. The highest BCUT2D eigenvalue weighted by atomic mass is 19.1. The summed E-state index contributed by atoms with van der Waals surface area (Å²) in [6.45, 7) is 5.38. The van der Waals surface area contributed by atoms with Crippen molar-refractivity contribution in [2.45, 2.75) is 20.8 Å². The molecule has 1 amide bonds. The molecule has 0 atom stereocenters. The molecule has 0 unspecified atom stereocenters. The van der Waals surface area contributed by atoms with Crippen molar-refractivity contribution in [1.29, 1.82) is 0 Å². The number of amides is 1. The number of hydrogen-bond acceptors (Lipinski definition) is 6. The monoisotopic (exact) mass is 524 g/mol. The van der Waals surface area contributed by atoms with E-state index in [0.29, 0.717) is 39.1 Å². The van der Waals surface area contributed by atoms with Gasteiger partial charge in [0, 0.05) is 28.9 Å². The Kier molecular flexibility index (Phi) is 5.63. The molecule has 11 heteroatoms. The summed E-state index contributed by atoms with van der Waals surface area (Å²) in [5.74, 6) is -0.979. The van der Waals surface area contributed by atoms with Crippen LogP contribution < -0.4 is 5.32 Å². The lowest BCUT2D eigenvalue weighted by Gasteiger charge is -2.17. The summed E-state index contributed by atoms with van der Waals surface area (Å²) in [5.41, 5.74) is 2.50. The van der Waals surface area contributed by atoms with Crippen LogP contribution in [0.25, 0.3) is 56.0 Å². The molecule has 6 aromatic rings. The van der Waals surface area contributed by atoms with E-state index >= 15 is 4.39 Å². The maximum absolute atomic E-state index is 16.0. The van der Waals surface area contributed by atoms with Gasteiger partial charge in [0.05, 0.1) is 34.5 Å². The van der Waals surface area contributed by atoms with Crippen LogP contribution in [0.1, 0.15) is 20.8 Å². The third-order valence-electron chi connectivity index (χ3n) is 6.25. The maximum atomic E-state index is 16.0. The Bertz CT molecular complexity index is 1890. The van der Waals surface area contributed by atoms with Gasteiger partial charge in [0.2, 0.25) is 5.91 Å². The van der Waals surface area contributed by atoms with Gasteiger partial charge >= 0.3 is 0 Å². The van der Waals surface area contributed by atoms with Crippen molar-refractivity contribution in [1.82, 2.24) is 35.1 Å². The fraction of sp³-hybridized carbons (Fsp3) is 0.143. The minimum absolute atomic E-state index is 0.0364. The Labute approximate surface area is 220 Å². The molecule has 5 heterocycles. The van der Waals surface area contributed by atoms with Crippen LogP contribution in [-0.4, -0.2) is 41.0 Å². The number of nitrogens with zero attached hydrogens (tertiary/aromatic N) is 5. The quantitative estimate of drug-likeness (QED) is 0.264. The smallest absolute Gasteiger partial charge is 0.229 e. The normalized spacial score (nSPS) is 11.8. The number of halogens is 2. The van der Waals surface area contributed by atoms with Gasteiger partial charge in [-0.2, -0.15) is 5.10 Å². The maximum Gasteiger partial charge on any atom is 0.229 e. The Morgan fingerprint density at radius 3 is 2.56 bits per heavy atom. The molecule has 6 rings (SSSR count). The second-order valence-corrected chi connectivity index (χ2v) is 10.1. The highest BCUT2D eigenvalue weighted by Crippen LogP contribution is 2.34. The summed E-state index contributed by atoms with van der Waals surface area (Å²) in [6.07, 6.45) is 5.98. The van der Waals surface area contributed by atoms with Crippen LogP contribution in [0.3, 0.4) is 0 Å². The van der Waals surface area contributed by atoms with Gasteiger partial charge in [0.15, 0.2) is 11.6 Å². The van der Waals surface area contributed by atoms with Crippen molar-refractivity contribution in [3.63, 3.8) is 0 Å². The Hall–Kier alpha value is -5.06. The number of rotatable bonds is 4. The number of fused-ring (bicyclic) bond motifs is 2. The Morgan fingerprint density at radius 1 is 0.949 bits per heavy atom. The summed E-state index contributed by atoms with van der Waals surface area (Å²) in [4.78, 5) is 33.0. The number of imidazole rings is 1. The number of pyridine rings is 3. The van der Waals surface area contributed by atoms with E-state index in [-0.39, 0.29) is 28.5 Å². The SMILES string of the molecule is CC(C)(C)C(=O)Nc1cncc(-c2ncc3[nH]nc(-c4nc5c(-c6ccccc6F)nccc5[nH]4)c3c2F)c1. The first-order valence-corrected chi connectivity index (χ1v) is 12.1. The summed E-state index contributed by atoms with van der Waals surface area (Å²) < 4.78 is 30.6. The van der Waals surface area contributed by atoms with Crippen LogP contribution in [0.15, 0.2) is 61.2 Å². The van der Waals surface area contributed by atoms with E-state index in [1.165, 1.54) is 24.7 Å². The molecule has 1 aromatic carbocycles. The standard InChI is InChI=1S/C28H22F2N8O/c1-28(2,3)27(39)34-15-10-14(11-31-12-15)22-21(30)20-19(13-33-22)37-38-25(20)26-35-18-8-9-32-23(24(18)36-26)16-6-4-5-7-17(16)29/h4-13H,1-3H3,(H,34,39)(H,35,36)(H,37,38). The summed E-state index contributed by atoms with van der Waals surface area (Å²) in [6, 6.07) is 9.61. The van der Waals surface area contributed by atoms with E-state index in [1.54, 1.807) is 57.3 Å². The van der Waals surface area contributed by atoms with Crippen LogP contribution in [0.2, 0.25) is 0 Å². The lowest BCUT2D eigenvalue weighted by Crippen LogP contribution is -2.27. The highest BCUT2D eigenvalue weighted by molar-refractivity contribution is 5.98. The Morgan fingerprint density at radius 2 is 1.77 bits per heavy atom. The summed E-state index contributed by atoms with van der Waals surface area (Å²) in [5, 5.41) is 10.1. The van der Waals surface area contributed by atoms with Crippen molar-refractivity contribution in [3.8, 4) is 34.0 Å². The number of carbonyl (C=O) groups is 1. The molecule has 0 saturated heterocycles. The fourth-order valence-corrected chi connectivity index (χ4v) is 4.20. The highest BCUT2D eigenvalue weighted by Gasteiger charge is 2.24. The zero-order valence-electron chi connectivity index (χ0n) is 21.2. The third kappa shape index (κ3) is 4.27. The van der Waals surface area contributed by atoms with Gasteiger partial charge in [0.25, 0.3) is 0 Å². The van der Waals surface area contributed by atoms with Crippen molar-refractivity contribution >= 4 is 33.5 Å². The van der Waals surface area contributed by atoms with Gasteiger partial charge < -0.3 is 10.3 Å². The predicted molar refractivity (Wildman–Crippen MR) is 143 cm³/mol. The second-order valence-electron chi connectivity index (χ2n) is 10.1. The largest absolute Gasteiger partial charge is 0.336 e. The molecule has 0 fully saturated rings. The molecule has 0 saturated carbocycles. The van der Waals surface area contributed by atoms with Crippen molar-refractivity contribution in [2.24, 2.45) is 5.41 Å². The molecular formula is C28H22F2N8O. The van der Waals surface area contributed by atoms with Crippen molar-refractivity contribution < 1.29 is 13.6 Å². The molecule has 39 heavy (non-hydrogen) atoms. The number of carbonyl (C=O) groups excluding carboxylic acids is 1. The van der Waals surface area contributed by atoms with Gasteiger partial charge in [-0.1, -0.05) is 32.9 Å². The lowest BCUT2D eigenvalue weighted by atomic mass is 9.95. The minimum Gasteiger partial charge on any atom is -0.336 e. The summed E-state index contributed by atoms with van der Waals surface area (Å²) in [7, 11) is 0. The molecular weight excluding hydrogens is 502 g/mol. The van der Waals surface area contributed by atoms with Crippen LogP contribution in [0, 0.1) is 17.0 Å². The molecule has 0 aliphatic rings. The molecule has 5 aromatic heterocycles. The van der Waals surface area contributed by atoms with Gasteiger partial charge in [-0.3, -0.25) is 24.8 Å². The molecule has 0 spiro atoms. The van der Waals surface area contributed by atoms with Crippen LogP contribution in [-0.2, 0) is 4.79 Å². The van der Waals surface area contributed by atoms with Gasteiger partial charge in [-0.25, -0.2) is 13.8 Å². The first kappa shape index (κ1) is 24.3. The average Bonchev–Trinajstić information content (AvgIpc) is 3.53. The minimum atomic E-state index is -0.634. The molecule has 3 N–H and O–H groups in total. The first-order chi connectivity index (χ1) is 18.7. The predicted octanol–water partition coefficient (Wildman–Crippen LogP) is 5.89.